The molecule has 3 heteroatoms. The molecule has 0 saturated heterocycles. The third kappa shape index (κ3) is 15.9. The van der Waals surface area contributed by atoms with Gasteiger partial charge < -0.3 is 5.32 Å². The minimum atomic E-state index is -0.0667. The summed E-state index contributed by atoms with van der Waals surface area (Å²) in [5.74, 6) is 0.932. The van der Waals surface area contributed by atoms with E-state index in [1.165, 1.54) is 76.7 Å². The molecule has 1 atom stereocenters. The second-order valence-electron chi connectivity index (χ2n) is 6.15. The van der Waals surface area contributed by atoms with Crippen LogP contribution in [0.3, 0.4) is 0 Å². The van der Waals surface area contributed by atoms with Crippen molar-refractivity contribution in [3.05, 3.63) is 12.7 Å². The Kier molecular flexibility index (Phi) is 16.6. The average Bonchev–Trinajstić information content (AvgIpc) is 2.53. The van der Waals surface area contributed by atoms with Crippen molar-refractivity contribution in [2.45, 2.75) is 89.7 Å². The molecule has 0 rings (SSSR count). The van der Waals surface area contributed by atoms with Crippen LogP contribution >= 0.6 is 11.8 Å². The predicted octanol–water partition coefficient (Wildman–Crippen LogP) is 5.72. The molecule has 0 aromatic rings. The van der Waals surface area contributed by atoms with Crippen LogP contribution in [0.25, 0.3) is 0 Å². The summed E-state index contributed by atoms with van der Waals surface area (Å²) in [4.78, 5) is 11.0. The van der Waals surface area contributed by atoms with Crippen LogP contribution in [0.15, 0.2) is 12.7 Å². The van der Waals surface area contributed by atoms with E-state index >= 15 is 0 Å². The van der Waals surface area contributed by atoms with E-state index in [1.807, 2.05) is 11.8 Å². The monoisotopic (exact) mass is 327 g/mol. The van der Waals surface area contributed by atoms with Gasteiger partial charge in [0.1, 0.15) is 0 Å². The van der Waals surface area contributed by atoms with Gasteiger partial charge in [-0.05, 0) is 12.5 Å². The molecule has 22 heavy (non-hydrogen) atoms. The maximum atomic E-state index is 11.0. The number of rotatable bonds is 16. The smallest absolute Gasteiger partial charge is 0.243 e. The summed E-state index contributed by atoms with van der Waals surface area (Å²) in [6.45, 7) is 8.77. The highest BCUT2D eigenvalue weighted by atomic mass is 32.2. The lowest BCUT2D eigenvalue weighted by Crippen LogP contribution is -2.23. The van der Waals surface area contributed by atoms with Crippen LogP contribution < -0.4 is 5.32 Å². The van der Waals surface area contributed by atoms with Crippen LogP contribution in [-0.2, 0) is 4.79 Å². The lowest BCUT2D eigenvalue weighted by atomic mass is 10.1. The van der Waals surface area contributed by atoms with Crippen LogP contribution in [-0.4, -0.2) is 23.5 Å². The van der Waals surface area contributed by atoms with Gasteiger partial charge in [0.15, 0.2) is 0 Å². The minimum absolute atomic E-state index is 0.0667. The Labute approximate surface area is 142 Å². The lowest BCUT2D eigenvalue weighted by Gasteiger charge is -2.11. The predicted molar refractivity (Wildman–Crippen MR) is 102 cm³/mol. The number of carbonyl (C=O) groups is 1. The van der Waals surface area contributed by atoms with Gasteiger partial charge in [0.25, 0.3) is 0 Å². The van der Waals surface area contributed by atoms with E-state index in [4.69, 9.17) is 0 Å². The normalized spacial score (nSPS) is 12.1. The highest BCUT2D eigenvalue weighted by molar-refractivity contribution is 7.99. The zero-order chi connectivity index (χ0) is 16.5. The van der Waals surface area contributed by atoms with E-state index in [1.54, 1.807) is 0 Å². The molecule has 0 aromatic carbocycles. The zero-order valence-electron chi connectivity index (χ0n) is 14.9. The Balaban J connectivity index is 3.19. The quantitative estimate of drug-likeness (QED) is 0.290. The van der Waals surface area contributed by atoms with Crippen LogP contribution in [0.4, 0.5) is 0 Å². The van der Waals surface area contributed by atoms with Crippen molar-refractivity contribution in [2.75, 3.05) is 12.3 Å². The second-order valence-corrected chi connectivity index (χ2v) is 7.69. The Hall–Kier alpha value is -0.440. The highest BCUT2D eigenvalue weighted by Crippen LogP contribution is 2.18. The number of hydrogen-bond acceptors (Lipinski definition) is 2. The summed E-state index contributed by atoms with van der Waals surface area (Å²) >= 11 is 1.96. The van der Waals surface area contributed by atoms with E-state index in [2.05, 4.69) is 25.7 Å². The molecule has 2 nitrogen and oxygen atoms in total. The Morgan fingerprint density at radius 1 is 1.05 bits per heavy atom. The first kappa shape index (κ1) is 21.6. The SMILES string of the molecule is C=CC(=O)NCCSC(C)CCCCCCCCCCCC. The largest absolute Gasteiger partial charge is 0.352 e. The average molecular weight is 328 g/mol. The van der Waals surface area contributed by atoms with Crippen LogP contribution in [0, 0.1) is 0 Å². The molecule has 0 saturated carbocycles. The minimum Gasteiger partial charge on any atom is -0.352 e. The van der Waals surface area contributed by atoms with Gasteiger partial charge in [0, 0.05) is 17.5 Å². The molecule has 0 bridgehead atoms. The molecule has 0 fully saturated rings. The Bertz CT molecular complexity index is 268. The van der Waals surface area contributed by atoms with E-state index in [0.29, 0.717) is 5.25 Å². The summed E-state index contributed by atoms with van der Waals surface area (Å²) in [6.07, 6.45) is 16.7. The van der Waals surface area contributed by atoms with Crippen molar-refractivity contribution in [1.29, 1.82) is 0 Å². The fourth-order valence-corrected chi connectivity index (χ4v) is 3.46. The van der Waals surface area contributed by atoms with Gasteiger partial charge in [0.2, 0.25) is 5.91 Å². The van der Waals surface area contributed by atoms with Crippen LogP contribution in [0.2, 0.25) is 0 Å². The van der Waals surface area contributed by atoms with E-state index in [9.17, 15) is 4.79 Å². The molecule has 0 aliphatic carbocycles. The number of amides is 1. The number of thioether (sulfide) groups is 1. The number of nitrogens with one attached hydrogen (secondary N) is 1. The third-order valence-corrected chi connectivity index (χ3v) is 5.20. The van der Waals surface area contributed by atoms with Gasteiger partial charge in [-0.1, -0.05) is 84.6 Å². The summed E-state index contributed by atoms with van der Waals surface area (Å²) in [7, 11) is 0. The Morgan fingerprint density at radius 2 is 1.59 bits per heavy atom. The summed E-state index contributed by atoms with van der Waals surface area (Å²) in [5.41, 5.74) is 0. The van der Waals surface area contributed by atoms with Gasteiger partial charge in [-0.2, -0.15) is 11.8 Å². The molecule has 0 spiro atoms. The molecule has 0 radical (unpaired) electrons. The maximum absolute atomic E-state index is 11.0. The maximum Gasteiger partial charge on any atom is 0.243 e. The topological polar surface area (TPSA) is 29.1 Å². The molecule has 1 unspecified atom stereocenters. The Morgan fingerprint density at radius 3 is 2.14 bits per heavy atom. The van der Waals surface area contributed by atoms with Crippen molar-refractivity contribution >= 4 is 17.7 Å². The molecular weight excluding hydrogens is 290 g/mol. The number of carbonyl (C=O) groups excluding carboxylic acids is 1. The lowest BCUT2D eigenvalue weighted by molar-refractivity contribution is -0.116. The zero-order valence-corrected chi connectivity index (χ0v) is 15.7. The van der Waals surface area contributed by atoms with Crippen molar-refractivity contribution in [1.82, 2.24) is 5.32 Å². The second kappa shape index (κ2) is 16.9. The standard InChI is InChI=1S/C19H37NOS/c1-4-6-7-8-9-10-11-12-13-14-15-18(3)22-17-16-20-19(21)5-2/h5,18H,2,4,6-17H2,1,3H3,(H,20,21). The van der Waals surface area contributed by atoms with Crippen LogP contribution in [0.1, 0.15) is 84.5 Å². The van der Waals surface area contributed by atoms with Gasteiger partial charge in [0.05, 0.1) is 0 Å². The van der Waals surface area contributed by atoms with Crippen molar-refractivity contribution < 1.29 is 4.79 Å². The molecule has 0 aromatic heterocycles. The molecule has 1 N–H and O–H groups in total. The third-order valence-electron chi connectivity index (χ3n) is 3.95. The summed E-state index contributed by atoms with van der Waals surface area (Å²) in [6, 6.07) is 0. The number of hydrogen-bond donors (Lipinski definition) is 1. The highest BCUT2D eigenvalue weighted by Gasteiger charge is 2.02. The first-order valence-corrected chi connectivity index (χ1v) is 10.3. The molecular formula is C19H37NOS. The molecule has 1 amide bonds. The summed E-state index contributed by atoms with van der Waals surface area (Å²) in [5, 5.41) is 3.52. The van der Waals surface area contributed by atoms with Gasteiger partial charge >= 0.3 is 0 Å². The van der Waals surface area contributed by atoms with E-state index in [-0.39, 0.29) is 5.91 Å². The van der Waals surface area contributed by atoms with E-state index in [0.717, 1.165) is 12.3 Å². The molecule has 0 aliphatic rings. The van der Waals surface area contributed by atoms with Crippen molar-refractivity contribution in [3.63, 3.8) is 0 Å². The van der Waals surface area contributed by atoms with E-state index < -0.39 is 0 Å². The number of unbranched alkanes of at least 4 members (excludes halogenated alkanes) is 9. The van der Waals surface area contributed by atoms with Crippen LogP contribution in [0.5, 0.6) is 0 Å². The fourth-order valence-electron chi connectivity index (χ4n) is 2.51. The summed E-state index contributed by atoms with van der Waals surface area (Å²) < 4.78 is 0. The van der Waals surface area contributed by atoms with Crippen molar-refractivity contribution in [3.8, 4) is 0 Å². The molecule has 130 valence electrons. The van der Waals surface area contributed by atoms with Gasteiger partial charge in [-0.3, -0.25) is 4.79 Å². The van der Waals surface area contributed by atoms with Gasteiger partial charge in [-0.15, -0.1) is 0 Å². The van der Waals surface area contributed by atoms with Crippen molar-refractivity contribution in [2.24, 2.45) is 0 Å². The molecule has 0 heterocycles. The fraction of sp³-hybridized carbons (Fsp3) is 0.842. The first-order valence-electron chi connectivity index (χ1n) is 9.22. The first-order chi connectivity index (χ1) is 10.7. The molecule has 0 aliphatic heterocycles. The van der Waals surface area contributed by atoms with Gasteiger partial charge in [-0.25, -0.2) is 0 Å².